The van der Waals surface area contributed by atoms with Gasteiger partial charge < -0.3 is 11.0 Å². The van der Waals surface area contributed by atoms with Crippen molar-refractivity contribution in [2.75, 3.05) is 7.11 Å². The van der Waals surface area contributed by atoms with E-state index in [9.17, 15) is 0 Å². The number of allylic oxidation sites excluding steroid dienone is 4. The molecule has 1 nitrogen and oxygen atoms in total. The second-order valence-corrected chi connectivity index (χ2v) is 9.29. The average molecular weight is 441 g/mol. The first-order valence-electron chi connectivity index (χ1n) is 8.76. The molecule has 4 heteroatoms. The second kappa shape index (κ2) is 14.4. The number of hydrogen-bond acceptors (Lipinski definition) is 1. The molecular formula is C23H30Cl2OTi-2. The van der Waals surface area contributed by atoms with Gasteiger partial charge in [0.15, 0.2) is 0 Å². The summed E-state index contributed by atoms with van der Waals surface area (Å²) in [5.41, 5.74) is 5.57. The fourth-order valence-corrected chi connectivity index (χ4v) is 2.68. The molecule has 0 saturated carbocycles. The normalized spacial score (nSPS) is 15.1. The Morgan fingerprint density at radius 3 is 1.96 bits per heavy atom. The van der Waals surface area contributed by atoms with Crippen LogP contribution in [0, 0.1) is 12.0 Å². The summed E-state index contributed by atoms with van der Waals surface area (Å²) in [5.74, 6) is 1.83. The zero-order chi connectivity index (χ0) is 21.0. The molecule has 1 N–H and O–H groups in total. The van der Waals surface area contributed by atoms with Crippen molar-refractivity contribution in [3.63, 3.8) is 0 Å². The van der Waals surface area contributed by atoms with Gasteiger partial charge in [0.2, 0.25) is 0 Å². The molecule has 1 aliphatic carbocycles. The summed E-state index contributed by atoms with van der Waals surface area (Å²) in [7, 11) is 10.8. The number of rotatable bonds is 1. The van der Waals surface area contributed by atoms with E-state index < -0.39 is 17.0 Å². The number of aliphatic hydroxyl groups is 1. The third-order valence-corrected chi connectivity index (χ3v) is 4.08. The van der Waals surface area contributed by atoms with E-state index in [0.717, 1.165) is 7.11 Å². The molecule has 2 aromatic rings. The fourth-order valence-electron chi connectivity index (χ4n) is 2.68. The Morgan fingerprint density at radius 1 is 0.963 bits per heavy atom. The Kier molecular flexibility index (Phi) is 14.1. The van der Waals surface area contributed by atoms with Gasteiger partial charge in [0.05, 0.1) is 0 Å². The van der Waals surface area contributed by atoms with Gasteiger partial charge in [0.1, 0.15) is 0 Å². The van der Waals surface area contributed by atoms with Gasteiger partial charge >= 0.3 is 35.6 Å². The first-order valence-corrected chi connectivity index (χ1v) is 13.1. The van der Waals surface area contributed by atoms with Crippen LogP contribution in [0.4, 0.5) is 0 Å². The van der Waals surface area contributed by atoms with E-state index in [4.69, 9.17) is 23.7 Å². The molecule has 1 aliphatic rings. The summed E-state index contributed by atoms with van der Waals surface area (Å²) in [6.07, 6.45) is 2.35. The number of hydrogen-bond donors (Lipinski definition) is 1. The molecule has 1 unspecified atom stereocenters. The summed E-state index contributed by atoms with van der Waals surface area (Å²) in [6.45, 7) is 12.9. The summed E-state index contributed by atoms with van der Waals surface area (Å²) in [4.78, 5) is 0. The molecule has 27 heavy (non-hydrogen) atoms. The molecule has 0 amide bonds. The van der Waals surface area contributed by atoms with Crippen molar-refractivity contribution in [1.29, 1.82) is 0 Å². The molecule has 0 radical (unpaired) electrons. The predicted octanol–water partition coefficient (Wildman–Crippen LogP) is 7.63. The Morgan fingerprint density at radius 2 is 1.48 bits per heavy atom. The molecule has 1 atom stereocenters. The van der Waals surface area contributed by atoms with Gasteiger partial charge in [0.25, 0.3) is 0 Å². The Labute approximate surface area is 182 Å². The molecule has 2 aromatic carbocycles. The molecule has 0 aliphatic heterocycles. The minimum absolute atomic E-state index is 0.412. The Balaban J connectivity index is 0.000000644. The van der Waals surface area contributed by atoms with Crippen molar-refractivity contribution in [3.05, 3.63) is 76.7 Å². The molecule has 0 bridgehead atoms. The zero-order valence-corrected chi connectivity index (χ0v) is 20.4. The predicted molar refractivity (Wildman–Crippen MR) is 118 cm³/mol. The van der Waals surface area contributed by atoms with Gasteiger partial charge in [-0.3, -0.25) is 0 Å². The average Bonchev–Trinajstić information content (AvgIpc) is 2.91. The van der Waals surface area contributed by atoms with Crippen LogP contribution in [0.1, 0.15) is 53.0 Å². The van der Waals surface area contributed by atoms with Crippen LogP contribution in [0.25, 0.3) is 10.8 Å². The minimum atomic E-state index is -0.556. The number of benzene rings is 2. The van der Waals surface area contributed by atoms with Crippen molar-refractivity contribution in [3.8, 4) is 0 Å². The first kappa shape index (κ1) is 26.4. The van der Waals surface area contributed by atoms with E-state index in [1.807, 2.05) is 0 Å². The quantitative estimate of drug-likeness (QED) is 0.357. The van der Waals surface area contributed by atoms with E-state index in [0.29, 0.717) is 5.92 Å². The molecule has 0 fully saturated rings. The third-order valence-electron chi connectivity index (χ3n) is 4.08. The number of halogens is 2. The van der Waals surface area contributed by atoms with Gasteiger partial charge in [-0.2, -0.15) is 20.8 Å². The van der Waals surface area contributed by atoms with Crippen molar-refractivity contribution in [1.82, 2.24) is 0 Å². The van der Waals surface area contributed by atoms with E-state index in [2.05, 4.69) is 90.1 Å². The maximum absolute atomic E-state index is 7.00. The molecule has 148 valence electrons. The van der Waals surface area contributed by atoms with E-state index in [1.54, 1.807) is 0 Å². The SMILES string of the molecule is CC1=CC(c2[c-]c3ccccc3cc2)C(C)=C1C.CO.C[C-](C)C.[Cl][Ti][Cl]. The van der Waals surface area contributed by atoms with Gasteiger partial charge in [-0.25, -0.2) is 0 Å². The van der Waals surface area contributed by atoms with Crippen LogP contribution < -0.4 is 0 Å². The van der Waals surface area contributed by atoms with Crippen LogP contribution >= 0.6 is 18.6 Å². The molecule has 0 spiro atoms. The maximum atomic E-state index is 7.00. The summed E-state index contributed by atoms with van der Waals surface area (Å²) >= 11 is -0.556. The van der Waals surface area contributed by atoms with E-state index in [1.165, 1.54) is 39.0 Å². The zero-order valence-electron chi connectivity index (χ0n) is 17.3. The van der Waals surface area contributed by atoms with Gasteiger partial charge in [-0.15, -0.1) is 46.7 Å². The van der Waals surface area contributed by atoms with Crippen molar-refractivity contribution in [2.24, 2.45) is 0 Å². The fraction of sp³-hybridized carbons (Fsp3) is 0.348. The molecule has 0 saturated heterocycles. The van der Waals surface area contributed by atoms with Crippen LogP contribution in [0.15, 0.2) is 59.2 Å². The van der Waals surface area contributed by atoms with Gasteiger partial charge in [-0.1, -0.05) is 29.4 Å². The Hall–Kier alpha value is -0.566. The first-order chi connectivity index (χ1) is 12.8. The summed E-state index contributed by atoms with van der Waals surface area (Å²) in [6, 6.07) is 16.4. The van der Waals surface area contributed by atoms with Crippen molar-refractivity contribution >= 4 is 29.4 Å². The van der Waals surface area contributed by atoms with E-state index >= 15 is 0 Å². The van der Waals surface area contributed by atoms with Crippen LogP contribution in [-0.2, 0) is 17.0 Å². The molecular weight excluding hydrogens is 411 g/mol. The molecule has 0 aromatic heterocycles. The van der Waals surface area contributed by atoms with Gasteiger partial charge in [0, 0.05) is 13.0 Å². The second-order valence-electron chi connectivity index (χ2n) is 6.71. The number of fused-ring (bicyclic) bond motifs is 1. The molecule has 3 rings (SSSR count). The van der Waals surface area contributed by atoms with Crippen LogP contribution in [0.3, 0.4) is 0 Å². The molecule has 0 heterocycles. The van der Waals surface area contributed by atoms with E-state index in [-0.39, 0.29) is 0 Å². The van der Waals surface area contributed by atoms with Crippen LogP contribution in [-0.4, -0.2) is 12.2 Å². The van der Waals surface area contributed by atoms with Gasteiger partial charge in [-0.05, 0) is 26.3 Å². The van der Waals surface area contributed by atoms with Crippen molar-refractivity contribution < 1.29 is 22.1 Å². The summed E-state index contributed by atoms with van der Waals surface area (Å²) < 4.78 is 0. The third kappa shape index (κ3) is 8.98. The van der Waals surface area contributed by atoms with Crippen molar-refractivity contribution in [2.45, 2.75) is 47.5 Å². The van der Waals surface area contributed by atoms with Crippen LogP contribution in [0.5, 0.6) is 0 Å². The standard InChI is InChI=1S/C18H17.C4H9.CH4O.2ClH.Ti/c1-12-10-18(14(3)13(12)2)17-9-8-15-6-4-5-7-16(15)11-17;1-4(2)3;1-2;;;/h4-10,18H,1-3H3;1-3H3;2H,1H3;2*1H;/q2*-1;;;;+2/p-2. The number of aliphatic hydroxyl groups excluding tert-OH is 1. The Bertz CT molecular complexity index is 748. The topological polar surface area (TPSA) is 20.2 Å². The van der Waals surface area contributed by atoms with Crippen LogP contribution in [0.2, 0.25) is 0 Å². The summed E-state index contributed by atoms with van der Waals surface area (Å²) in [5, 5.41) is 9.47. The monoisotopic (exact) mass is 440 g/mol.